The molecule has 0 bridgehead atoms. The van der Waals surface area contributed by atoms with Gasteiger partial charge in [-0.05, 0) is 17.0 Å². The van der Waals surface area contributed by atoms with Crippen molar-refractivity contribution in [2.45, 2.75) is 26.4 Å². The van der Waals surface area contributed by atoms with E-state index in [2.05, 4.69) is 35.1 Å². The van der Waals surface area contributed by atoms with Gasteiger partial charge in [-0.2, -0.15) is 0 Å². The summed E-state index contributed by atoms with van der Waals surface area (Å²) in [6.07, 6.45) is 3.72. The quantitative estimate of drug-likeness (QED) is 0.835. The molecule has 1 atom stereocenters. The average Bonchev–Trinajstić information content (AvgIpc) is 2.48. The predicted octanol–water partition coefficient (Wildman–Crippen LogP) is 0.874. The SMILES string of the molecule is CC1(C)CNC(CO)CN(Cc2cccnc2)C1. The number of nitrogens with one attached hydrogen (secondary N) is 1. The van der Waals surface area contributed by atoms with E-state index in [1.165, 1.54) is 5.56 Å². The third-order valence-corrected chi connectivity index (χ3v) is 3.35. The molecule has 1 aromatic heterocycles. The summed E-state index contributed by atoms with van der Waals surface area (Å²) in [4.78, 5) is 6.56. The van der Waals surface area contributed by atoms with Crippen molar-refractivity contribution in [2.75, 3.05) is 26.2 Å². The van der Waals surface area contributed by atoms with Gasteiger partial charge in [0, 0.05) is 44.6 Å². The van der Waals surface area contributed by atoms with Crippen molar-refractivity contribution < 1.29 is 5.11 Å². The maximum atomic E-state index is 9.37. The summed E-state index contributed by atoms with van der Waals surface area (Å²) >= 11 is 0. The van der Waals surface area contributed by atoms with Crippen LogP contribution in [0.3, 0.4) is 0 Å². The van der Waals surface area contributed by atoms with Gasteiger partial charge < -0.3 is 10.4 Å². The number of aromatic nitrogens is 1. The molecule has 2 rings (SSSR count). The van der Waals surface area contributed by atoms with Crippen molar-refractivity contribution >= 4 is 0 Å². The fourth-order valence-electron chi connectivity index (χ4n) is 2.52. The van der Waals surface area contributed by atoms with Crippen LogP contribution in [0.2, 0.25) is 0 Å². The molecule has 4 heteroatoms. The lowest BCUT2D eigenvalue weighted by atomic mass is 9.93. The van der Waals surface area contributed by atoms with E-state index in [9.17, 15) is 5.11 Å². The largest absolute Gasteiger partial charge is 0.395 e. The van der Waals surface area contributed by atoms with Gasteiger partial charge in [-0.3, -0.25) is 9.88 Å². The highest BCUT2D eigenvalue weighted by Crippen LogP contribution is 2.20. The Balaban J connectivity index is 2.05. The van der Waals surface area contributed by atoms with Gasteiger partial charge in [-0.25, -0.2) is 0 Å². The lowest BCUT2D eigenvalue weighted by molar-refractivity contribution is 0.176. The van der Waals surface area contributed by atoms with Gasteiger partial charge in [0.1, 0.15) is 0 Å². The maximum Gasteiger partial charge on any atom is 0.0597 e. The molecule has 0 aliphatic carbocycles. The van der Waals surface area contributed by atoms with E-state index in [4.69, 9.17) is 0 Å². The average molecular weight is 249 g/mol. The van der Waals surface area contributed by atoms with Crippen LogP contribution in [0.25, 0.3) is 0 Å². The fraction of sp³-hybridized carbons (Fsp3) is 0.643. The molecular formula is C14H23N3O. The Hall–Kier alpha value is -0.970. The standard InChI is InChI=1S/C14H23N3O/c1-14(2)10-16-13(9-18)8-17(11-14)7-12-4-3-5-15-6-12/h3-6,13,16,18H,7-11H2,1-2H3. The van der Waals surface area contributed by atoms with Gasteiger partial charge in [-0.15, -0.1) is 0 Å². The number of aliphatic hydroxyl groups is 1. The summed E-state index contributed by atoms with van der Waals surface area (Å²) in [5.41, 5.74) is 1.46. The lowest BCUT2D eigenvalue weighted by Gasteiger charge is -2.29. The third-order valence-electron chi connectivity index (χ3n) is 3.35. The molecule has 4 nitrogen and oxygen atoms in total. The molecule has 1 aliphatic heterocycles. The van der Waals surface area contributed by atoms with Gasteiger partial charge in [0.05, 0.1) is 6.61 Å². The van der Waals surface area contributed by atoms with Crippen LogP contribution in [0.1, 0.15) is 19.4 Å². The molecule has 0 radical (unpaired) electrons. The van der Waals surface area contributed by atoms with Gasteiger partial charge >= 0.3 is 0 Å². The monoisotopic (exact) mass is 249 g/mol. The molecule has 100 valence electrons. The zero-order chi connectivity index (χ0) is 13.0. The molecule has 0 saturated carbocycles. The van der Waals surface area contributed by atoms with Crippen LogP contribution in [-0.2, 0) is 6.54 Å². The van der Waals surface area contributed by atoms with Crippen molar-refractivity contribution in [3.63, 3.8) is 0 Å². The van der Waals surface area contributed by atoms with Gasteiger partial charge in [0.2, 0.25) is 0 Å². The molecule has 1 unspecified atom stereocenters. The number of nitrogens with zero attached hydrogens (tertiary/aromatic N) is 2. The second-order valence-corrected chi connectivity index (χ2v) is 5.96. The first-order chi connectivity index (χ1) is 8.59. The molecule has 1 fully saturated rings. The van der Waals surface area contributed by atoms with E-state index in [1.807, 2.05) is 12.3 Å². The minimum atomic E-state index is 0.170. The molecule has 1 aromatic rings. The first-order valence-electron chi connectivity index (χ1n) is 6.54. The highest BCUT2D eigenvalue weighted by Gasteiger charge is 2.28. The van der Waals surface area contributed by atoms with Crippen LogP contribution < -0.4 is 5.32 Å². The highest BCUT2D eigenvalue weighted by atomic mass is 16.3. The molecule has 0 aromatic carbocycles. The van der Waals surface area contributed by atoms with Crippen molar-refractivity contribution in [3.8, 4) is 0 Å². The van der Waals surface area contributed by atoms with Crippen LogP contribution >= 0.6 is 0 Å². The Kier molecular flexibility index (Phi) is 4.32. The van der Waals surface area contributed by atoms with Crippen LogP contribution in [0.15, 0.2) is 24.5 Å². The van der Waals surface area contributed by atoms with Crippen LogP contribution in [-0.4, -0.2) is 47.3 Å². The topological polar surface area (TPSA) is 48.4 Å². The van der Waals surface area contributed by atoms with Crippen molar-refractivity contribution in [1.29, 1.82) is 0 Å². The molecular weight excluding hydrogens is 226 g/mol. The lowest BCUT2D eigenvalue weighted by Crippen LogP contribution is -2.40. The van der Waals surface area contributed by atoms with E-state index < -0.39 is 0 Å². The second kappa shape index (κ2) is 5.78. The summed E-state index contributed by atoms with van der Waals surface area (Å²) in [6, 6.07) is 4.25. The Morgan fingerprint density at radius 2 is 2.39 bits per heavy atom. The molecule has 2 N–H and O–H groups in total. The Bertz CT molecular complexity index is 367. The van der Waals surface area contributed by atoms with E-state index in [0.29, 0.717) is 0 Å². The zero-order valence-electron chi connectivity index (χ0n) is 11.3. The second-order valence-electron chi connectivity index (χ2n) is 5.96. The molecule has 0 amide bonds. The molecule has 18 heavy (non-hydrogen) atoms. The minimum absolute atomic E-state index is 0.170. The van der Waals surface area contributed by atoms with Gasteiger partial charge in [0.15, 0.2) is 0 Å². The summed E-state index contributed by atoms with van der Waals surface area (Å²) in [6.45, 7) is 8.48. The Labute approximate surface area is 109 Å². The number of aliphatic hydroxyl groups excluding tert-OH is 1. The number of hydrogen-bond donors (Lipinski definition) is 2. The van der Waals surface area contributed by atoms with Crippen molar-refractivity contribution in [2.24, 2.45) is 5.41 Å². The van der Waals surface area contributed by atoms with E-state index in [-0.39, 0.29) is 18.1 Å². The van der Waals surface area contributed by atoms with E-state index in [0.717, 1.165) is 26.2 Å². The Morgan fingerprint density at radius 3 is 3.06 bits per heavy atom. The number of pyridine rings is 1. The summed E-state index contributed by atoms with van der Waals surface area (Å²) in [5, 5.41) is 12.8. The number of hydrogen-bond acceptors (Lipinski definition) is 4. The highest BCUT2D eigenvalue weighted by molar-refractivity contribution is 5.08. The zero-order valence-corrected chi connectivity index (χ0v) is 11.3. The minimum Gasteiger partial charge on any atom is -0.395 e. The first kappa shape index (κ1) is 13.5. The number of rotatable bonds is 3. The van der Waals surface area contributed by atoms with Crippen LogP contribution in [0.4, 0.5) is 0 Å². The first-order valence-corrected chi connectivity index (χ1v) is 6.54. The molecule has 1 aliphatic rings. The summed E-state index contributed by atoms with van der Waals surface area (Å²) in [5.74, 6) is 0. The predicted molar refractivity (Wildman–Crippen MR) is 72.2 cm³/mol. The van der Waals surface area contributed by atoms with Gasteiger partial charge in [0.25, 0.3) is 0 Å². The molecule has 0 spiro atoms. The van der Waals surface area contributed by atoms with Crippen LogP contribution in [0.5, 0.6) is 0 Å². The molecule has 2 heterocycles. The van der Waals surface area contributed by atoms with Crippen molar-refractivity contribution in [3.05, 3.63) is 30.1 Å². The maximum absolute atomic E-state index is 9.37. The van der Waals surface area contributed by atoms with Crippen molar-refractivity contribution in [1.82, 2.24) is 15.2 Å². The normalized spacial score (nSPS) is 24.7. The summed E-state index contributed by atoms with van der Waals surface area (Å²) < 4.78 is 0. The van der Waals surface area contributed by atoms with E-state index >= 15 is 0 Å². The third kappa shape index (κ3) is 3.77. The fourth-order valence-corrected chi connectivity index (χ4v) is 2.52. The Morgan fingerprint density at radius 1 is 1.56 bits per heavy atom. The smallest absolute Gasteiger partial charge is 0.0597 e. The summed E-state index contributed by atoms with van der Waals surface area (Å²) in [7, 11) is 0. The van der Waals surface area contributed by atoms with Crippen LogP contribution in [0, 0.1) is 5.41 Å². The van der Waals surface area contributed by atoms with E-state index in [1.54, 1.807) is 6.20 Å². The van der Waals surface area contributed by atoms with Gasteiger partial charge in [-0.1, -0.05) is 19.9 Å². The molecule has 1 saturated heterocycles.